The number of carbonyl (C=O) groups is 1. The van der Waals surface area contributed by atoms with E-state index in [-0.39, 0.29) is 11.7 Å². The fraction of sp³-hybridized carbons (Fsp3) is 0.211. The number of aryl methyl sites for hydroxylation is 2. The molecule has 3 rings (SSSR count). The molecule has 0 amide bonds. The van der Waals surface area contributed by atoms with Gasteiger partial charge in [0.25, 0.3) is 11.1 Å². The fourth-order valence-electron chi connectivity index (χ4n) is 2.42. The lowest BCUT2D eigenvalue weighted by Gasteiger charge is -2.09. The molecule has 26 heavy (non-hydrogen) atoms. The molecule has 0 unspecified atom stereocenters. The van der Waals surface area contributed by atoms with Crippen LogP contribution in [0.1, 0.15) is 11.1 Å². The van der Waals surface area contributed by atoms with Crippen molar-refractivity contribution < 1.29 is 18.7 Å². The van der Waals surface area contributed by atoms with Gasteiger partial charge in [0.2, 0.25) is 0 Å². The molecule has 0 aliphatic carbocycles. The smallest absolute Gasteiger partial charge is 0.321 e. The number of benzene rings is 2. The molecule has 0 aliphatic heterocycles. The monoisotopic (exact) mass is 370 g/mol. The second kappa shape index (κ2) is 8.05. The molecule has 7 heteroatoms. The van der Waals surface area contributed by atoms with E-state index in [1.54, 1.807) is 7.11 Å². The average molecular weight is 370 g/mol. The molecule has 2 aromatic carbocycles. The third kappa shape index (κ3) is 4.05. The highest BCUT2D eigenvalue weighted by Crippen LogP contribution is 2.30. The third-order valence-electron chi connectivity index (χ3n) is 3.68. The number of rotatable bonds is 6. The lowest BCUT2D eigenvalue weighted by Crippen LogP contribution is -2.12. The molecule has 6 nitrogen and oxygen atoms in total. The Morgan fingerprint density at radius 1 is 1.08 bits per heavy atom. The van der Waals surface area contributed by atoms with Crippen LogP contribution in [0.5, 0.6) is 11.5 Å². The molecule has 0 spiro atoms. The Balaban J connectivity index is 1.64. The number of thioether (sulfide) groups is 1. The molecular weight excluding hydrogens is 352 g/mol. The van der Waals surface area contributed by atoms with E-state index in [2.05, 4.69) is 10.2 Å². The van der Waals surface area contributed by atoms with E-state index in [4.69, 9.17) is 13.9 Å². The molecule has 3 aromatic rings. The van der Waals surface area contributed by atoms with Crippen molar-refractivity contribution >= 4 is 17.7 Å². The van der Waals surface area contributed by atoms with Gasteiger partial charge in [0.15, 0.2) is 0 Å². The van der Waals surface area contributed by atoms with Crippen LogP contribution < -0.4 is 9.47 Å². The van der Waals surface area contributed by atoms with E-state index < -0.39 is 0 Å². The molecule has 0 N–H and O–H groups in total. The lowest BCUT2D eigenvalue weighted by molar-refractivity contribution is -0.131. The van der Waals surface area contributed by atoms with E-state index in [1.807, 2.05) is 56.3 Å². The first-order valence-electron chi connectivity index (χ1n) is 7.95. The van der Waals surface area contributed by atoms with Gasteiger partial charge in [0.05, 0.1) is 12.7 Å². The largest absolute Gasteiger partial charge is 0.496 e. The zero-order chi connectivity index (χ0) is 18.5. The average Bonchev–Trinajstić information content (AvgIpc) is 3.12. The summed E-state index contributed by atoms with van der Waals surface area (Å²) in [5.41, 5.74) is 2.53. The Labute approximate surface area is 155 Å². The Bertz CT molecular complexity index is 903. The van der Waals surface area contributed by atoms with E-state index in [0.29, 0.717) is 28.2 Å². The van der Waals surface area contributed by atoms with Gasteiger partial charge >= 0.3 is 5.97 Å². The standard InChI is InChI=1S/C19H18N2O4S/c1-12-7-6-8-13(2)17(12)24-16(22)11-26-19-21-20-18(25-19)14-9-4-5-10-15(14)23-3/h4-10H,11H2,1-3H3. The van der Waals surface area contributed by atoms with Gasteiger partial charge in [-0.3, -0.25) is 4.79 Å². The summed E-state index contributed by atoms with van der Waals surface area (Å²) in [5, 5.41) is 8.28. The molecule has 0 saturated carbocycles. The van der Waals surface area contributed by atoms with Crippen molar-refractivity contribution in [2.75, 3.05) is 12.9 Å². The summed E-state index contributed by atoms with van der Waals surface area (Å²) in [6, 6.07) is 13.1. The number of para-hydroxylation sites is 2. The summed E-state index contributed by atoms with van der Waals surface area (Å²) in [5.74, 6) is 1.28. The number of ether oxygens (including phenoxy) is 2. The molecule has 0 atom stereocenters. The number of esters is 1. The molecule has 0 bridgehead atoms. The zero-order valence-corrected chi connectivity index (χ0v) is 15.5. The van der Waals surface area contributed by atoms with Crippen LogP contribution in [0.25, 0.3) is 11.5 Å². The molecule has 0 fully saturated rings. The van der Waals surface area contributed by atoms with Crippen molar-refractivity contribution in [2.45, 2.75) is 19.1 Å². The number of aromatic nitrogens is 2. The van der Waals surface area contributed by atoms with Gasteiger partial charge in [0.1, 0.15) is 17.3 Å². The third-order valence-corrected chi connectivity index (χ3v) is 4.47. The highest BCUT2D eigenvalue weighted by Gasteiger charge is 2.16. The van der Waals surface area contributed by atoms with Crippen LogP contribution in [0, 0.1) is 13.8 Å². The summed E-state index contributed by atoms with van der Waals surface area (Å²) >= 11 is 1.13. The van der Waals surface area contributed by atoms with Gasteiger partial charge in [0, 0.05) is 0 Å². The summed E-state index contributed by atoms with van der Waals surface area (Å²) in [4.78, 5) is 12.1. The second-order valence-electron chi connectivity index (χ2n) is 5.56. The maximum absolute atomic E-state index is 12.1. The van der Waals surface area contributed by atoms with Gasteiger partial charge < -0.3 is 13.9 Å². The molecule has 134 valence electrons. The van der Waals surface area contributed by atoms with Crippen LogP contribution >= 0.6 is 11.8 Å². The van der Waals surface area contributed by atoms with Crippen molar-refractivity contribution in [1.82, 2.24) is 10.2 Å². The first-order valence-corrected chi connectivity index (χ1v) is 8.93. The highest BCUT2D eigenvalue weighted by molar-refractivity contribution is 7.99. The van der Waals surface area contributed by atoms with Gasteiger partial charge in [-0.15, -0.1) is 10.2 Å². The van der Waals surface area contributed by atoms with Gasteiger partial charge in [-0.1, -0.05) is 42.1 Å². The number of carbonyl (C=O) groups excluding carboxylic acids is 1. The van der Waals surface area contributed by atoms with Gasteiger partial charge in [-0.05, 0) is 37.1 Å². The number of nitrogens with zero attached hydrogens (tertiary/aromatic N) is 2. The predicted molar refractivity (Wildman–Crippen MR) is 98.6 cm³/mol. The molecule has 0 saturated heterocycles. The maximum Gasteiger partial charge on any atom is 0.321 e. The SMILES string of the molecule is COc1ccccc1-c1nnc(SCC(=O)Oc2c(C)cccc2C)o1. The summed E-state index contributed by atoms with van der Waals surface area (Å²) < 4.78 is 16.4. The van der Waals surface area contributed by atoms with Crippen LogP contribution in [-0.4, -0.2) is 29.0 Å². The Morgan fingerprint density at radius 2 is 1.81 bits per heavy atom. The first kappa shape index (κ1) is 18.0. The van der Waals surface area contributed by atoms with Gasteiger partial charge in [-0.25, -0.2) is 0 Å². The number of hydrogen-bond donors (Lipinski definition) is 0. The molecule has 0 radical (unpaired) electrons. The molecule has 0 aliphatic rings. The van der Waals surface area contributed by atoms with E-state index >= 15 is 0 Å². The highest BCUT2D eigenvalue weighted by atomic mass is 32.2. The first-order chi connectivity index (χ1) is 12.6. The normalized spacial score (nSPS) is 10.6. The fourth-order valence-corrected chi connectivity index (χ4v) is 2.96. The minimum absolute atomic E-state index is 0.0708. The topological polar surface area (TPSA) is 74.5 Å². The minimum atomic E-state index is -0.371. The number of methoxy groups -OCH3 is 1. The van der Waals surface area contributed by atoms with E-state index in [0.717, 1.165) is 22.9 Å². The van der Waals surface area contributed by atoms with Crippen LogP contribution in [0.15, 0.2) is 52.1 Å². The summed E-state index contributed by atoms with van der Waals surface area (Å²) in [6.07, 6.45) is 0. The van der Waals surface area contributed by atoms with Crippen LogP contribution in [0.3, 0.4) is 0 Å². The summed E-state index contributed by atoms with van der Waals surface area (Å²) in [7, 11) is 1.58. The van der Waals surface area contributed by atoms with Crippen molar-refractivity contribution in [1.29, 1.82) is 0 Å². The van der Waals surface area contributed by atoms with Gasteiger partial charge in [-0.2, -0.15) is 0 Å². The van der Waals surface area contributed by atoms with E-state index in [1.165, 1.54) is 0 Å². The van der Waals surface area contributed by atoms with Crippen molar-refractivity contribution in [3.05, 3.63) is 53.6 Å². The second-order valence-corrected chi connectivity index (χ2v) is 6.48. The molecular formula is C19H18N2O4S. The maximum atomic E-state index is 12.1. The Hall–Kier alpha value is -2.80. The predicted octanol–water partition coefficient (Wildman–Crippen LogP) is 4.06. The van der Waals surface area contributed by atoms with Crippen molar-refractivity contribution in [3.63, 3.8) is 0 Å². The molecule has 1 heterocycles. The van der Waals surface area contributed by atoms with E-state index in [9.17, 15) is 4.79 Å². The van der Waals surface area contributed by atoms with Crippen LogP contribution in [0.2, 0.25) is 0 Å². The van der Waals surface area contributed by atoms with Crippen LogP contribution in [-0.2, 0) is 4.79 Å². The number of hydrogen-bond acceptors (Lipinski definition) is 7. The van der Waals surface area contributed by atoms with Crippen LogP contribution in [0.4, 0.5) is 0 Å². The van der Waals surface area contributed by atoms with Crippen molar-refractivity contribution in [3.8, 4) is 23.0 Å². The Kier molecular flexibility index (Phi) is 5.58. The molecule has 1 aromatic heterocycles. The summed E-state index contributed by atoms with van der Waals surface area (Å²) in [6.45, 7) is 3.81. The van der Waals surface area contributed by atoms with Crippen molar-refractivity contribution in [2.24, 2.45) is 0 Å². The quantitative estimate of drug-likeness (QED) is 0.368. The lowest BCUT2D eigenvalue weighted by atomic mass is 10.1. The zero-order valence-electron chi connectivity index (χ0n) is 14.7. The minimum Gasteiger partial charge on any atom is -0.496 e. The Morgan fingerprint density at radius 3 is 2.54 bits per heavy atom.